The summed E-state index contributed by atoms with van der Waals surface area (Å²) < 4.78 is 5.72. The van der Waals surface area contributed by atoms with Gasteiger partial charge < -0.3 is 19.9 Å². The van der Waals surface area contributed by atoms with Crippen LogP contribution in [0.1, 0.15) is 0 Å². The highest BCUT2D eigenvalue weighted by Gasteiger charge is 2.20. The van der Waals surface area contributed by atoms with Crippen LogP contribution in [-0.2, 0) is 0 Å². The van der Waals surface area contributed by atoms with Crippen molar-refractivity contribution in [1.29, 1.82) is 0 Å². The molecule has 2 aromatic heterocycles. The molecule has 7 nitrogen and oxygen atoms in total. The monoisotopic (exact) mass is 364 g/mol. The first kappa shape index (κ1) is 17.5. The highest BCUT2D eigenvalue weighted by atomic mass is 16.5. The second kappa shape index (κ2) is 8.18. The highest BCUT2D eigenvalue weighted by Crippen LogP contribution is 2.25. The van der Waals surface area contributed by atoms with E-state index < -0.39 is 0 Å². The highest BCUT2D eigenvalue weighted by molar-refractivity contribution is 5.80. The Morgan fingerprint density at radius 3 is 2.52 bits per heavy atom. The van der Waals surface area contributed by atoms with Gasteiger partial charge in [0.15, 0.2) is 11.6 Å². The van der Waals surface area contributed by atoms with Crippen LogP contribution < -0.4 is 15.0 Å². The van der Waals surface area contributed by atoms with Crippen molar-refractivity contribution < 1.29 is 4.74 Å². The number of likely N-dealkylation sites (N-methyl/N-ethyl adjacent to an activating group) is 1. The Labute approximate surface area is 159 Å². The van der Waals surface area contributed by atoms with E-state index in [-0.39, 0.29) is 0 Å². The van der Waals surface area contributed by atoms with Crippen molar-refractivity contribution >= 4 is 22.7 Å². The van der Waals surface area contributed by atoms with E-state index in [0.717, 1.165) is 54.6 Å². The number of nitrogens with zero attached hydrogens (tertiary/aromatic N) is 5. The van der Waals surface area contributed by atoms with Crippen molar-refractivity contribution in [2.45, 2.75) is 0 Å². The van der Waals surface area contributed by atoms with Crippen LogP contribution in [0.5, 0.6) is 5.75 Å². The molecule has 140 valence electrons. The maximum atomic E-state index is 5.72. The quantitative estimate of drug-likeness (QED) is 0.673. The van der Waals surface area contributed by atoms with Crippen molar-refractivity contribution in [3.05, 3.63) is 48.8 Å². The predicted octanol–water partition coefficient (Wildman–Crippen LogP) is 2.27. The molecule has 0 aliphatic carbocycles. The molecule has 1 saturated heterocycles. The molecule has 1 fully saturated rings. The molecule has 0 amide bonds. The summed E-state index contributed by atoms with van der Waals surface area (Å²) in [5.74, 6) is 2.50. The number of piperazine rings is 1. The van der Waals surface area contributed by atoms with Gasteiger partial charge in [-0.05, 0) is 31.3 Å². The molecule has 1 aliphatic rings. The number of benzene rings is 1. The number of hydrogen-bond donors (Lipinski definition) is 1. The van der Waals surface area contributed by atoms with Crippen LogP contribution in [0.4, 0.5) is 11.6 Å². The standard InChI is InChI=1S/C20H24N6O/c1-25-10-12-26(13-11-25)20-19(23-17-6-2-3-7-18(17)24-20)22-9-14-27-16-5-4-8-21-15-16/h2-8,15H,9-14H2,1H3,(H,22,23). The lowest BCUT2D eigenvalue weighted by atomic mass is 10.3. The van der Waals surface area contributed by atoms with Crippen molar-refractivity contribution in [2.75, 3.05) is 56.6 Å². The van der Waals surface area contributed by atoms with Gasteiger partial charge in [0.25, 0.3) is 0 Å². The minimum absolute atomic E-state index is 0.530. The minimum atomic E-state index is 0.530. The largest absolute Gasteiger partial charge is 0.490 e. The number of hydrogen-bond acceptors (Lipinski definition) is 7. The summed E-state index contributed by atoms with van der Waals surface area (Å²) in [7, 11) is 2.15. The third-order valence-corrected chi connectivity index (χ3v) is 4.65. The van der Waals surface area contributed by atoms with Gasteiger partial charge in [-0.15, -0.1) is 0 Å². The van der Waals surface area contributed by atoms with E-state index >= 15 is 0 Å². The Morgan fingerprint density at radius 1 is 1.00 bits per heavy atom. The lowest BCUT2D eigenvalue weighted by Gasteiger charge is -2.34. The zero-order valence-corrected chi connectivity index (χ0v) is 15.5. The van der Waals surface area contributed by atoms with Gasteiger partial charge in [-0.25, -0.2) is 9.97 Å². The number of para-hydroxylation sites is 2. The third kappa shape index (κ3) is 4.25. The summed E-state index contributed by atoms with van der Waals surface area (Å²) in [4.78, 5) is 18.4. The molecular formula is C20H24N6O. The zero-order valence-electron chi connectivity index (χ0n) is 15.5. The van der Waals surface area contributed by atoms with Crippen LogP contribution in [0.2, 0.25) is 0 Å². The van der Waals surface area contributed by atoms with Crippen molar-refractivity contribution in [3.8, 4) is 5.75 Å². The Kier molecular flexibility index (Phi) is 5.29. The Morgan fingerprint density at radius 2 is 1.78 bits per heavy atom. The lowest BCUT2D eigenvalue weighted by Crippen LogP contribution is -2.45. The smallest absolute Gasteiger partial charge is 0.172 e. The number of aromatic nitrogens is 3. The van der Waals surface area contributed by atoms with Crippen molar-refractivity contribution in [2.24, 2.45) is 0 Å². The number of rotatable bonds is 6. The molecule has 27 heavy (non-hydrogen) atoms. The summed E-state index contributed by atoms with van der Waals surface area (Å²) >= 11 is 0. The maximum Gasteiger partial charge on any atom is 0.172 e. The first-order valence-electron chi connectivity index (χ1n) is 9.26. The summed E-state index contributed by atoms with van der Waals surface area (Å²) in [6.45, 7) is 5.12. The number of ether oxygens (including phenoxy) is 1. The number of nitrogens with one attached hydrogen (secondary N) is 1. The minimum Gasteiger partial charge on any atom is -0.490 e. The molecule has 4 rings (SSSR count). The van der Waals surface area contributed by atoms with E-state index in [9.17, 15) is 0 Å². The average molecular weight is 364 g/mol. The van der Waals surface area contributed by atoms with E-state index in [4.69, 9.17) is 14.7 Å². The van der Waals surface area contributed by atoms with Gasteiger partial charge in [-0.2, -0.15) is 0 Å². The van der Waals surface area contributed by atoms with Gasteiger partial charge in [0.1, 0.15) is 12.4 Å². The van der Waals surface area contributed by atoms with Crippen LogP contribution in [-0.4, -0.2) is 66.2 Å². The van der Waals surface area contributed by atoms with Gasteiger partial charge in [-0.3, -0.25) is 4.98 Å². The van der Waals surface area contributed by atoms with Crippen LogP contribution >= 0.6 is 0 Å². The summed E-state index contributed by atoms with van der Waals surface area (Å²) in [6, 6.07) is 11.8. The molecule has 3 aromatic rings. The maximum absolute atomic E-state index is 5.72. The number of anilines is 2. The first-order valence-corrected chi connectivity index (χ1v) is 9.26. The van der Waals surface area contributed by atoms with E-state index in [0.29, 0.717) is 13.2 Å². The molecule has 0 atom stereocenters. The number of fused-ring (bicyclic) bond motifs is 1. The van der Waals surface area contributed by atoms with E-state index in [1.165, 1.54) is 0 Å². The molecule has 1 aromatic carbocycles. The van der Waals surface area contributed by atoms with Crippen molar-refractivity contribution in [3.63, 3.8) is 0 Å². The lowest BCUT2D eigenvalue weighted by molar-refractivity contribution is 0.312. The third-order valence-electron chi connectivity index (χ3n) is 4.65. The van der Waals surface area contributed by atoms with Gasteiger partial charge in [-0.1, -0.05) is 12.1 Å². The SMILES string of the molecule is CN1CCN(c2nc3ccccc3nc2NCCOc2cccnc2)CC1. The number of pyridine rings is 1. The Bertz CT molecular complexity index is 880. The molecule has 0 radical (unpaired) electrons. The molecule has 0 bridgehead atoms. The topological polar surface area (TPSA) is 66.4 Å². The fraction of sp³-hybridized carbons (Fsp3) is 0.350. The molecule has 1 N–H and O–H groups in total. The fourth-order valence-electron chi connectivity index (χ4n) is 3.12. The Hall–Kier alpha value is -2.93. The van der Waals surface area contributed by atoms with Gasteiger partial charge in [0.05, 0.1) is 23.8 Å². The first-order chi connectivity index (χ1) is 13.3. The van der Waals surface area contributed by atoms with Gasteiger partial charge in [0.2, 0.25) is 0 Å². The molecule has 1 aliphatic heterocycles. The van der Waals surface area contributed by atoms with Crippen LogP contribution in [0.25, 0.3) is 11.0 Å². The normalized spacial score (nSPS) is 15.1. The molecule has 0 saturated carbocycles. The van der Waals surface area contributed by atoms with Crippen molar-refractivity contribution in [1.82, 2.24) is 19.9 Å². The molecule has 7 heteroatoms. The van der Waals surface area contributed by atoms with E-state index in [1.54, 1.807) is 12.4 Å². The molecule has 0 unspecified atom stereocenters. The Balaban J connectivity index is 1.50. The van der Waals surface area contributed by atoms with Crippen LogP contribution in [0.3, 0.4) is 0 Å². The summed E-state index contributed by atoms with van der Waals surface area (Å²) in [5.41, 5.74) is 1.81. The molecular weight excluding hydrogens is 340 g/mol. The van der Waals surface area contributed by atoms with Crippen LogP contribution in [0.15, 0.2) is 48.8 Å². The van der Waals surface area contributed by atoms with Crippen LogP contribution in [0, 0.1) is 0 Å². The summed E-state index contributed by atoms with van der Waals surface area (Å²) in [6.07, 6.45) is 3.45. The summed E-state index contributed by atoms with van der Waals surface area (Å²) in [5, 5.41) is 3.41. The average Bonchev–Trinajstić information content (AvgIpc) is 2.72. The van der Waals surface area contributed by atoms with Gasteiger partial charge >= 0.3 is 0 Å². The van der Waals surface area contributed by atoms with Gasteiger partial charge in [0, 0.05) is 32.4 Å². The zero-order chi connectivity index (χ0) is 18.5. The van der Waals surface area contributed by atoms with E-state index in [2.05, 4.69) is 27.1 Å². The predicted molar refractivity (Wildman–Crippen MR) is 107 cm³/mol. The second-order valence-electron chi connectivity index (χ2n) is 6.64. The van der Waals surface area contributed by atoms with E-state index in [1.807, 2.05) is 36.4 Å². The second-order valence-corrected chi connectivity index (χ2v) is 6.64. The molecule has 3 heterocycles. The fourth-order valence-corrected chi connectivity index (χ4v) is 3.12. The molecule has 0 spiro atoms.